The second-order valence-electron chi connectivity index (χ2n) is 9.35. The number of ether oxygens (including phenoxy) is 1. The van der Waals surface area contributed by atoms with Gasteiger partial charge < -0.3 is 15.0 Å². The molecule has 0 aliphatic heterocycles. The van der Waals surface area contributed by atoms with Gasteiger partial charge in [0.15, 0.2) is 6.61 Å². The second kappa shape index (κ2) is 11.7. The molecule has 32 heavy (non-hydrogen) atoms. The lowest BCUT2D eigenvalue weighted by Crippen LogP contribution is -2.51. The molecule has 0 saturated carbocycles. The fraction of sp³-hybridized carbons (Fsp3) is 0.481. The van der Waals surface area contributed by atoms with Gasteiger partial charge in [-0.2, -0.15) is 0 Å². The molecule has 0 fully saturated rings. The Morgan fingerprint density at radius 3 is 2.25 bits per heavy atom. The highest BCUT2D eigenvalue weighted by Gasteiger charge is 2.27. The molecular weight excluding hydrogens is 400 g/mol. The number of hydrogen-bond donors (Lipinski definition) is 1. The van der Waals surface area contributed by atoms with E-state index in [0.29, 0.717) is 18.7 Å². The van der Waals surface area contributed by atoms with Crippen LogP contribution >= 0.6 is 0 Å². The van der Waals surface area contributed by atoms with Gasteiger partial charge in [0.25, 0.3) is 5.91 Å². The van der Waals surface area contributed by atoms with Crippen LogP contribution in [0.3, 0.4) is 0 Å². The van der Waals surface area contributed by atoms with Crippen molar-refractivity contribution >= 4 is 11.8 Å². The SMILES string of the molecule is CC[C@@H](C)NC(=O)[C@H](C)N(CCc1ccccc1)C(=O)COc1ccccc1C(C)(C)C. The monoisotopic (exact) mass is 438 g/mol. The van der Waals surface area contributed by atoms with Crippen LogP contribution in [0.15, 0.2) is 54.6 Å². The Kier molecular flexibility index (Phi) is 9.30. The minimum atomic E-state index is -0.582. The molecule has 0 aliphatic rings. The maximum Gasteiger partial charge on any atom is 0.261 e. The third kappa shape index (κ3) is 7.40. The number of carbonyl (C=O) groups is 2. The molecular formula is C27H38N2O3. The van der Waals surface area contributed by atoms with Gasteiger partial charge >= 0.3 is 0 Å². The molecule has 0 aliphatic carbocycles. The number of hydrogen-bond acceptors (Lipinski definition) is 3. The number of benzene rings is 2. The maximum atomic E-state index is 13.2. The van der Waals surface area contributed by atoms with Crippen LogP contribution in [0, 0.1) is 0 Å². The third-order valence-corrected chi connectivity index (χ3v) is 5.70. The number of amides is 2. The van der Waals surface area contributed by atoms with Crippen LogP contribution in [0.4, 0.5) is 0 Å². The molecule has 2 amide bonds. The number of nitrogens with zero attached hydrogens (tertiary/aromatic N) is 1. The molecule has 5 nitrogen and oxygen atoms in total. The average Bonchev–Trinajstić information content (AvgIpc) is 2.77. The zero-order valence-electron chi connectivity index (χ0n) is 20.4. The van der Waals surface area contributed by atoms with Crippen molar-refractivity contribution in [2.24, 2.45) is 0 Å². The van der Waals surface area contributed by atoms with Gasteiger partial charge in [0.1, 0.15) is 11.8 Å². The molecule has 0 radical (unpaired) electrons. The third-order valence-electron chi connectivity index (χ3n) is 5.70. The number of para-hydroxylation sites is 1. The number of carbonyl (C=O) groups excluding carboxylic acids is 2. The summed E-state index contributed by atoms with van der Waals surface area (Å²) in [5.74, 6) is 0.361. The van der Waals surface area contributed by atoms with Gasteiger partial charge in [-0.15, -0.1) is 0 Å². The molecule has 2 rings (SSSR count). The first kappa shape index (κ1) is 25.4. The zero-order valence-corrected chi connectivity index (χ0v) is 20.4. The smallest absolute Gasteiger partial charge is 0.261 e. The first-order chi connectivity index (χ1) is 15.1. The molecule has 0 spiro atoms. The Morgan fingerprint density at radius 2 is 1.62 bits per heavy atom. The van der Waals surface area contributed by atoms with Gasteiger partial charge in [-0.25, -0.2) is 0 Å². The average molecular weight is 439 g/mol. The molecule has 0 heterocycles. The van der Waals surface area contributed by atoms with Crippen molar-refractivity contribution in [3.05, 3.63) is 65.7 Å². The molecule has 2 aromatic carbocycles. The highest BCUT2D eigenvalue weighted by molar-refractivity contribution is 5.88. The normalized spacial score (nSPS) is 13.2. The van der Waals surface area contributed by atoms with Crippen molar-refractivity contribution in [3.8, 4) is 5.75 Å². The molecule has 0 saturated heterocycles. The van der Waals surface area contributed by atoms with Crippen molar-refractivity contribution in [2.45, 2.75) is 71.9 Å². The molecule has 0 aromatic heterocycles. The largest absolute Gasteiger partial charge is 0.483 e. The lowest BCUT2D eigenvalue weighted by Gasteiger charge is -2.30. The summed E-state index contributed by atoms with van der Waals surface area (Å²) >= 11 is 0. The van der Waals surface area contributed by atoms with E-state index in [4.69, 9.17) is 4.74 Å². The van der Waals surface area contributed by atoms with E-state index in [1.54, 1.807) is 11.8 Å². The highest BCUT2D eigenvalue weighted by Crippen LogP contribution is 2.30. The molecule has 5 heteroatoms. The predicted octanol–water partition coefficient (Wildman–Crippen LogP) is 4.74. The summed E-state index contributed by atoms with van der Waals surface area (Å²) < 4.78 is 5.97. The molecule has 2 atom stereocenters. The quantitative estimate of drug-likeness (QED) is 0.583. The Labute approximate surface area is 193 Å². The van der Waals surface area contributed by atoms with Crippen LogP contribution in [-0.4, -0.2) is 41.9 Å². The molecule has 1 N–H and O–H groups in total. The van der Waals surface area contributed by atoms with Crippen molar-refractivity contribution in [2.75, 3.05) is 13.2 Å². The van der Waals surface area contributed by atoms with Gasteiger partial charge in [-0.1, -0.05) is 76.2 Å². The highest BCUT2D eigenvalue weighted by atomic mass is 16.5. The minimum absolute atomic E-state index is 0.0611. The zero-order chi connectivity index (χ0) is 23.7. The predicted molar refractivity (Wildman–Crippen MR) is 130 cm³/mol. The van der Waals surface area contributed by atoms with Crippen LogP contribution in [0.25, 0.3) is 0 Å². The first-order valence-electron chi connectivity index (χ1n) is 11.5. The maximum absolute atomic E-state index is 13.2. The minimum Gasteiger partial charge on any atom is -0.483 e. The van der Waals surface area contributed by atoms with Crippen LogP contribution in [0.1, 0.15) is 59.1 Å². The summed E-state index contributed by atoms with van der Waals surface area (Å²) in [4.78, 5) is 27.6. The fourth-order valence-electron chi connectivity index (χ4n) is 3.47. The van der Waals surface area contributed by atoms with E-state index in [1.807, 2.05) is 68.4 Å². The second-order valence-corrected chi connectivity index (χ2v) is 9.35. The standard InChI is InChI=1S/C27H38N2O3/c1-7-20(2)28-26(31)21(3)29(18-17-22-13-9-8-10-14-22)25(30)19-32-24-16-12-11-15-23(24)27(4,5)6/h8-16,20-21H,7,17-19H2,1-6H3,(H,28,31)/t20-,21+/m1/s1. The molecule has 174 valence electrons. The van der Waals surface area contributed by atoms with Gasteiger partial charge in [0, 0.05) is 12.6 Å². The summed E-state index contributed by atoms with van der Waals surface area (Å²) in [6, 6.07) is 17.3. The topological polar surface area (TPSA) is 58.6 Å². The Morgan fingerprint density at radius 1 is 1.00 bits per heavy atom. The molecule has 0 bridgehead atoms. The summed E-state index contributed by atoms with van der Waals surface area (Å²) in [6.45, 7) is 12.5. The van der Waals surface area contributed by atoms with Crippen molar-refractivity contribution in [1.29, 1.82) is 0 Å². The van der Waals surface area contributed by atoms with Gasteiger partial charge in [-0.3, -0.25) is 9.59 Å². The van der Waals surface area contributed by atoms with E-state index in [2.05, 4.69) is 26.1 Å². The van der Waals surface area contributed by atoms with E-state index in [1.165, 1.54) is 0 Å². The van der Waals surface area contributed by atoms with Crippen molar-refractivity contribution in [1.82, 2.24) is 10.2 Å². The first-order valence-corrected chi connectivity index (χ1v) is 11.5. The van der Waals surface area contributed by atoms with Crippen LogP contribution in [-0.2, 0) is 21.4 Å². The van der Waals surface area contributed by atoms with E-state index >= 15 is 0 Å². The van der Waals surface area contributed by atoms with Crippen LogP contribution in [0.5, 0.6) is 5.75 Å². The van der Waals surface area contributed by atoms with Crippen molar-refractivity contribution < 1.29 is 14.3 Å². The summed E-state index contributed by atoms with van der Waals surface area (Å²) in [7, 11) is 0. The fourth-order valence-corrected chi connectivity index (χ4v) is 3.47. The van der Waals surface area contributed by atoms with Crippen LogP contribution < -0.4 is 10.1 Å². The van der Waals surface area contributed by atoms with E-state index < -0.39 is 6.04 Å². The number of rotatable bonds is 10. The van der Waals surface area contributed by atoms with Crippen LogP contribution in [0.2, 0.25) is 0 Å². The Balaban J connectivity index is 2.15. The Bertz CT molecular complexity index is 874. The summed E-state index contributed by atoms with van der Waals surface area (Å²) in [5, 5.41) is 2.99. The van der Waals surface area contributed by atoms with Gasteiger partial charge in [-0.05, 0) is 49.3 Å². The van der Waals surface area contributed by atoms with E-state index in [-0.39, 0.29) is 29.9 Å². The summed E-state index contributed by atoms with van der Waals surface area (Å²) in [5.41, 5.74) is 2.07. The van der Waals surface area contributed by atoms with Gasteiger partial charge in [0.2, 0.25) is 5.91 Å². The Hall–Kier alpha value is -2.82. The lowest BCUT2D eigenvalue weighted by atomic mass is 9.86. The number of nitrogens with one attached hydrogen (secondary N) is 1. The van der Waals surface area contributed by atoms with Gasteiger partial charge in [0.05, 0.1) is 0 Å². The lowest BCUT2D eigenvalue weighted by molar-refractivity contribution is -0.141. The summed E-state index contributed by atoms with van der Waals surface area (Å²) in [6.07, 6.45) is 1.51. The van der Waals surface area contributed by atoms with E-state index in [9.17, 15) is 9.59 Å². The van der Waals surface area contributed by atoms with Crippen molar-refractivity contribution in [3.63, 3.8) is 0 Å². The molecule has 2 aromatic rings. The van der Waals surface area contributed by atoms with E-state index in [0.717, 1.165) is 17.5 Å². The molecule has 0 unspecified atom stereocenters.